The van der Waals surface area contributed by atoms with Gasteiger partial charge in [0.2, 0.25) is 0 Å². The first-order valence-corrected chi connectivity index (χ1v) is 4.99. The van der Waals surface area contributed by atoms with E-state index in [1.807, 2.05) is 32.0 Å². The molecule has 0 saturated carbocycles. The van der Waals surface area contributed by atoms with Gasteiger partial charge in [-0.15, -0.1) is 0 Å². The number of aliphatic carboxylic acids is 1. The molecule has 1 heterocycles. The maximum Gasteiger partial charge on any atom is 0.305 e. The van der Waals surface area contributed by atoms with Crippen molar-refractivity contribution in [1.29, 1.82) is 0 Å². The fourth-order valence-electron chi connectivity index (χ4n) is 1.28. The van der Waals surface area contributed by atoms with Crippen LogP contribution in [0.2, 0.25) is 0 Å². The number of carbonyl (C=O) groups is 1. The second-order valence-corrected chi connectivity index (χ2v) is 3.81. The molecular weight excluding hydrogens is 192 g/mol. The number of hydrogen-bond donors (Lipinski definition) is 2. The van der Waals surface area contributed by atoms with Gasteiger partial charge in [0.25, 0.3) is 0 Å². The van der Waals surface area contributed by atoms with Crippen LogP contribution in [0.25, 0.3) is 0 Å². The fraction of sp³-hybridized carbons (Fsp3) is 0.455. The van der Waals surface area contributed by atoms with E-state index in [9.17, 15) is 4.79 Å². The number of nitrogens with one attached hydrogen (secondary N) is 1. The molecule has 0 aliphatic carbocycles. The highest BCUT2D eigenvalue weighted by atomic mass is 16.4. The molecule has 0 aromatic carbocycles. The highest BCUT2D eigenvalue weighted by molar-refractivity contribution is 5.68. The Balaban J connectivity index is 2.63. The summed E-state index contributed by atoms with van der Waals surface area (Å²) >= 11 is 0. The fourth-order valence-corrected chi connectivity index (χ4v) is 1.28. The Labute approximate surface area is 89.3 Å². The SMILES string of the molecule is CC(C)[C@@H](CC(=O)O)Nc1ccccn1. The third-order valence-electron chi connectivity index (χ3n) is 2.20. The van der Waals surface area contributed by atoms with E-state index >= 15 is 0 Å². The van der Waals surface area contributed by atoms with E-state index in [4.69, 9.17) is 5.11 Å². The predicted molar refractivity (Wildman–Crippen MR) is 58.7 cm³/mol. The van der Waals surface area contributed by atoms with E-state index in [0.29, 0.717) is 0 Å². The number of nitrogens with zero attached hydrogens (tertiary/aromatic N) is 1. The first kappa shape index (κ1) is 11.5. The van der Waals surface area contributed by atoms with Crippen LogP contribution in [0.5, 0.6) is 0 Å². The molecule has 15 heavy (non-hydrogen) atoms. The molecule has 1 atom stereocenters. The molecule has 0 amide bonds. The first-order chi connectivity index (χ1) is 7.09. The number of carboxylic acid groups (broad SMARTS) is 1. The number of carboxylic acids is 1. The molecule has 0 unspecified atom stereocenters. The van der Waals surface area contributed by atoms with Crippen molar-refractivity contribution in [1.82, 2.24) is 4.98 Å². The molecule has 0 aliphatic rings. The van der Waals surface area contributed by atoms with Gasteiger partial charge < -0.3 is 10.4 Å². The van der Waals surface area contributed by atoms with Gasteiger partial charge in [0.1, 0.15) is 5.82 Å². The normalized spacial score (nSPS) is 12.5. The minimum absolute atomic E-state index is 0.0857. The van der Waals surface area contributed by atoms with Gasteiger partial charge in [-0.05, 0) is 18.1 Å². The van der Waals surface area contributed by atoms with Gasteiger partial charge >= 0.3 is 5.97 Å². The van der Waals surface area contributed by atoms with E-state index in [0.717, 1.165) is 5.82 Å². The molecule has 1 aromatic rings. The number of pyridine rings is 1. The van der Waals surface area contributed by atoms with Gasteiger partial charge in [0.05, 0.1) is 6.42 Å². The van der Waals surface area contributed by atoms with Crippen LogP contribution in [0, 0.1) is 5.92 Å². The monoisotopic (exact) mass is 208 g/mol. The zero-order valence-electron chi connectivity index (χ0n) is 8.97. The van der Waals surface area contributed by atoms with Crippen molar-refractivity contribution in [3.63, 3.8) is 0 Å². The summed E-state index contributed by atoms with van der Waals surface area (Å²) < 4.78 is 0. The molecular formula is C11H16N2O2. The van der Waals surface area contributed by atoms with Crippen LogP contribution in [-0.4, -0.2) is 22.1 Å². The molecule has 0 spiro atoms. The van der Waals surface area contributed by atoms with E-state index in [1.165, 1.54) is 0 Å². The minimum Gasteiger partial charge on any atom is -0.481 e. The number of hydrogen-bond acceptors (Lipinski definition) is 3. The van der Waals surface area contributed by atoms with Crippen molar-refractivity contribution in [2.75, 3.05) is 5.32 Å². The lowest BCUT2D eigenvalue weighted by Crippen LogP contribution is -2.28. The molecule has 4 nitrogen and oxygen atoms in total. The molecule has 0 aliphatic heterocycles. The Morgan fingerprint density at radius 2 is 2.27 bits per heavy atom. The second-order valence-electron chi connectivity index (χ2n) is 3.81. The molecule has 82 valence electrons. The highest BCUT2D eigenvalue weighted by Gasteiger charge is 2.16. The molecule has 1 rings (SSSR count). The second kappa shape index (κ2) is 5.34. The summed E-state index contributed by atoms with van der Waals surface area (Å²) in [6.07, 6.45) is 1.79. The molecule has 4 heteroatoms. The van der Waals surface area contributed by atoms with Crippen LogP contribution in [0.3, 0.4) is 0 Å². The third kappa shape index (κ3) is 3.97. The highest BCUT2D eigenvalue weighted by Crippen LogP contribution is 2.12. The molecule has 0 fully saturated rings. The summed E-state index contributed by atoms with van der Waals surface area (Å²) in [5.74, 6) is 0.178. The van der Waals surface area contributed by atoms with Gasteiger partial charge in [0, 0.05) is 12.2 Å². The molecule has 0 bridgehead atoms. The molecule has 1 aromatic heterocycles. The van der Waals surface area contributed by atoms with Crippen LogP contribution in [0.1, 0.15) is 20.3 Å². The smallest absolute Gasteiger partial charge is 0.305 e. The maximum absolute atomic E-state index is 10.6. The zero-order chi connectivity index (χ0) is 11.3. The van der Waals surface area contributed by atoms with E-state index < -0.39 is 5.97 Å². The van der Waals surface area contributed by atoms with E-state index in [2.05, 4.69) is 10.3 Å². The lowest BCUT2D eigenvalue weighted by Gasteiger charge is -2.20. The van der Waals surface area contributed by atoms with Gasteiger partial charge in [-0.25, -0.2) is 4.98 Å². The maximum atomic E-state index is 10.6. The predicted octanol–water partition coefficient (Wildman–Crippen LogP) is 1.99. The Morgan fingerprint density at radius 1 is 1.53 bits per heavy atom. The van der Waals surface area contributed by atoms with Crippen LogP contribution >= 0.6 is 0 Å². The van der Waals surface area contributed by atoms with Crippen molar-refractivity contribution >= 4 is 11.8 Å². The average Bonchev–Trinajstić information content (AvgIpc) is 2.17. The summed E-state index contributed by atoms with van der Waals surface area (Å²) in [4.78, 5) is 14.7. The summed E-state index contributed by atoms with van der Waals surface area (Å²) in [5, 5.41) is 11.9. The summed E-state index contributed by atoms with van der Waals surface area (Å²) in [6, 6.07) is 5.44. The largest absolute Gasteiger partial charge is 0.481 e. The minimum atomic E-state index is -0.794. The summed E-state index contributed by atoms with van der Waals surface area (Å²) in [6.45, 7) is 3.98. The average molecular weight is 208 g/mol. The standard InChI is InChI=1S/C11H16N2O2/c1-8(2)9(7-11(14)15)13-10-5-3-4-6-12-10/h3-6,8-9H,7H2,1-2H3,(H,12,13)(H,14,15)/t9-/m1/s1. The van der Waals surface area contributed by atoms with Gasteiger partial charge in [-0.1, -0.05) is 19.9 Å². The van der Waals surface area contributed by atoms with Crippen molar-refractivity contribution in [2.24, 2.45) is 5.92 Å². The topological polar surface area (TPSA) is 62.2 Å². The lowest BCUT2D eigenvalue weighted by molar-refractivity contribution is -0.137. The lowest BCUT2D eigenvalue weighted by atomic mass is 10.0. The molecule has 0 saturated heterocycles. The summed E-state index contributed by atoms with van der Waals surface area (Å²) in [7, 11) is 0. The van der Waals surface area contributed by atoms with Crippen LogP contribution in [0.15, 0.2) is 24.4 Å². The number of aromatic nitrogens is 1. The number of anilines is 1. The first-order valence-electron chi connectivity index (χ1n) is 4.99. The third-order valence-corrected chi connectivity index (χ3v) is 2.20. The summed E-state index contributed by atoms with van der Waals surface area (Å²) in [5.41, 5.74) is 0. The van der Waals surface area contributed by atoms with Gasteiger partial charge in [0.15, 0.2) is 0 Å². The Bertz CT molecular complexity index is 312. The van der Waals surface area contributed by atoms with Crippen LogP contribution in [0.4, 0.5) is 5.82 Å². The quantitative estimate of drug-likeness (QED) is 0.776. The van der Waals surface area contributed by atoms with Gasteiger partial charge in [-0.2, -0.15) is 0 Å². The number of rotatable bonds is 5. The Morgan fingerprint density at radius 3 is 2.73 bits per heavy atom. The Kier molecular flexibility index (Phi) is 4.09. The van der Waals surface area contributed by atoms with Crippen LogP contribution in [-0.2, 0) is 4.79 Å². The van der Waals surface area contributed by atoms with Crippen molar-refractivity contribution < 1.29 is 9.90 Å². The van der Waals surface area contributed by atoms with Crippen molar-refractivity contribution in [3.05, 3.63) is 24.4 Å². The molecule has 0 radical (unpaired) electrons. The van der Waals surface area contributed by atoms with Crippen LogP contribution < -0.4 is 5.32 Å². The van der Waals surface area contributed by atoms with Crippen molar-refractivity contribution in [3.8, 4) is 0 Å². The Hall–Kier alpha value is -1.58. The zero-order valence-corrected chi connectivity index (χ0v) is 8.97. The van der Waals surface area contributed by atoms with Crippen molar-refractivity contribution in [2.45, 2.75) is 26.3 Å². The molecule has 2 N–H and O–H groups in total. The van der Waals surface area contributed by atoms with E-state index in [1.54, 1.807) is 6.20 Å². The van der Waals surface area contributed by atoms with E-state index in [-0.39, 0.29) is 18.4 Å². The van der Waals surface area contributed by atoms with Gasteiger partial charge in [-0.3, -0.25) is 4.79 Å².